The second kappa shape index (κ2) is 11.7. The highest BCUT2D eigenvalue weighted by Gasteiger charge is 2.38. The van der Waals surface area contributed by atoms with E-state index in [0.29, 0.717) is 6.42 Å². The van der Waals surface area contributed by atoms with Crippen LogP contribution in [0.1, 0.15) is 47.0 Å². The van der Waals surface area contributed by atoms with Gasteiger partial charge >= 0.3 is 0 Å². The summed E-state index contributed by atoms with van der Waals surface area (Å²) in [6.07, 6.45) is 2.45. The molecule has 3 aromatic rings. The lowest BCUT2D eigenvalue weighted by molar-refractivity contribution is -0.112. The molecule has 0 spiro atoms. The molecule has 0 saturated heterocycles. The maximum Gasteiger partial charge on any atom is 0.192 e. The number of rotatable bonds is 10. The first kappa shape index (κ1) is 27.4. The molecule has 3 aromatic carbocycles. The molecule has 0 aromatic heterocycles. The van der Waals surface area contributed by atoms with E-state index in [1.807, 2.05) is 18.2 Å². The Labute approximate surface area is 213 Å². The predicted octanol–water partition coefficient (Wildman–Crippen LogP) is 6.93. The smallest absolute Gasteiger partial charge is 0.192 e. The first-order valence-corrected chi connectivity index (χ1v) is 17.4. The van der Waals surface area contributed by atoms with Crippen LogP contribution in [0.2, 0.25) is 18.1 Å². The van der Waals surface area contributed by atoms with Crippen LogP contribution < -0.4 is 15.9 Å². The Morgan fingerprint density at radius 3 is 1.60 bits per heavy atom. The van der Waals surface area contributed by atoms with Gasteiger partial charge in [0.2, 0.25) is 0 Å². The molecule has 2 nitrogen and oxygen atoms in total. The van der Waals surface area contributed by atoms with Crippen molar-refractivity contribution >= 4 is 42.7 Å². The molecule has 0 N–H and O–H groups in total. The minimum atomic E-state index is -2.23. The molecule has 0 heterocycles. The molecule has 186 valence electrons. The molecule has 0 aliphatic heterocycles. The average Bonchev–Trinajstić information content (AvgIpc) is 2.83. The molecule has 3 rings (SSSR count). The Bertz CT molecular complexity index is 1030. The Balaban J connectivity index is 1.91. The minimum absolute atomic E-state index is 0.167. The van der Waals surface area contributed by atoms with Gasteiger partial charge < -0.3 is 4.43 Å². The predicted molar refractivity (Wildman–Crippen MR) is 158 cm³/mol. The highest BCUT2D eigenvalue weighted by molar-refractivity contribution is 7.95. The van der Waals surface area contributed by atoms with E-state index in [1.54, 1.807) is 0 Å². The fourth-order valence-electron chi connectivity index (χ4n) is 4.24. The lowest BCUT2D eigenvalue weighted by atomic mass is 10.1. The lowest BCUT2D eigenvalue weighted by Crippen LogP contribution is -2.43. The van der Waals surface area contributed by atoms with Crippen LogP contribution in [0.25, 0.3) is 0 Å². The van der Waals surface area contributed by atoms with E-state index in [4.69, 9.17) is 4.43 Å². The van der Waals surface area contributed by atoms with Gasteiger partial charge in [-0.2, -0.15) is 0 Å². The molecule has 0 aliphatic carbocycles. The zero-order valence-corrected chi connectivity index (χ0v) is 24.1. The third kappa shape index (κ3) is 6.73. The number of ketones is 1. The number of carbonyl (C=O) groups is 1. The van der Waals surface area contributed by atoms with Crippen LogP contribution in [-0.4, -0.2) is 26.0 Å². The Hall–Kier alpha value is -2.19. The van der Waals surface area contributed by atoms with Gasteiger partial charge in [-0.1, -0.05) is 112 Å². The number of carbonyl (C=O) groups excluding carboxylic acids is 1. The summed E-state index contributed by atoms with van der Waals surface area (Å²) in [4.78, 5) is 13.5. The molecule has 0 amide bonds. The molecule has 0 bridgehead atoms. The topological polar surface area (TPSA) is 26.3 Å². The van der Waals surface area contributed by atoms with Crippen molar-refractivity contribution in [3.05, 3.63) is 91.0 Å². The van der Waals surface area contributed by atoms with Crippen LogP contribution in [0.15, 0.2) is 91.0 Å². The quantitative estimate of drug-likeness (QED) is 0.221. The molecular formula is C31H41O2PSi. The van der Waals surface area contributed by atoms with Crippen molar-refractivity contribution < 1.29 is 9.22 Å². The van der Waals surface area contributed by atoms with Crippen LogP contribution in [0, 0.1) is 0 Å². The van der Waals surface area contributed by atoms with E-state index in [9.17, 15) is 4.79 Å². The Kier molecular flexibility index (Phi) is 9.15. The second-order valence-corrected chi connectivity index (χ2v) is 18.9. The monoisotopic (exact) mass is 504 g/mol. The first-order valence-electron chi connectivity index (χ1n) is 12.7. The third-order valence-corrected chi connectivity index (χ3v) is 15.8. The van der Waals surface area contributed by atoms with Crippen molar-refractivity contribution in [1.82, 2.24) is 0 Å². The summed E-state index contributed by atoms with van der Waals surface area (Å²) in [6.45, 7) is 11.3. The van der Waals surface area contributed by atoms with Crippen molar-refractivity contribution in [2.75, 3.05) is 0 Å². The molecule has 0 unspecified atom stereocenters. The van der Waals surface area contributed by atoms with E-state index in [2.05, 4.69) is 119 Å². The van der Waals surface area contributed by atoms with E-state index < -0.39 is 15.2 Å². The molecule has 0 radical (unpaired) electrons. The van der Waals surface area contributed by atoms with Gasteiger partial charge in [-0.05, 0) is 66.5 Å². The van der Waals surface area contributed by atoms with Crippen molar-refractivity contribution in [3.8, 4) is 0 Å². The fourth-order valence-corrected chi connectivity index (χ4v) is 9.55. The molecule has 1 atom stereocenters. The summed E-state index contributed by atoms with van der Waals surface area (Å²) < 4.78 is 6.52. The van der Waals surface area contributed by atoms with Gasteiger partial charge in [0.05, 0.1) is 0 Å². The number of hydrogen-bond donors (Lipinski definition) is 0. The van der Waals surface area contributed by atoms with Crippen molar-refractivity contribution in [2.45, 2.75) is 71.2 Å². The zero-order chi connectivity index (χ0) is 25.5. The summed E-state index contributed by atoms with van der Waals surface area (Å²) in [5, 5.41) is 3.82. The standard InChI is InChI=1S/C31H41O2PSi/c1-26(33-35(5,6)31(2,3)4)17-16-18-27(32)25-34(28-19-10-7-11-20-28,29-21-12-8-13-22-29)30-23-14-9-15-24-30/h7-15,19-26H,16-18H2,1-6H3/t26-/m1/s1. The summed E-state index contributed by atoms with van der Waals surface area (Å²) in [5.74, 6) is 2.28. The Morgan fingerprint density at radius 2 is 1.23 bits per heavy atom. The van der Waals surface area contributed by atoms with Gasteiger partial charge in [0.15, 0.2) is 14.1 Å². The first-order chi connectivity index (χ1) is 16.6. The number of Topliss-reactive ketones (excluding diaryl/α,β-unsaturated/α-hetero) is 1. The highest BCUT2D eigenvalue weighted by Crippen LogP contribution is 2.43. The van der Waals surface area contributed by atoms with Gasteiger partial charge in [-0.25, -0.2) is 0 Å². The van der Waals surface area contributed by atoms with Crippen LogP contribution in [-0.2, 0) is 9.22 Å². The summed E-state index contributed by atoms with van der Waals surface area (Å²) >= 11 is 0. The maximum atomic E-state index is 13.5. The summed E-state index contributed by atoms with van der Waals surface area (Å²) in [7, 11) is -1.80. The molecule has 0 fully saturated rings. The summed E-state index contributed by atoms with van der Waals surface area (Å²) in [6, 6.07) is 31.6. The normalized spacial score (nSPS) is 13.3. The zero-order valence-electron chi connectivity index (χ0n) is 22.2. The largest absolute Gasteiger partial charge is 0.414 e. The van der Waals surface area contributed by atoms with Crippen molar-refractivity contribution in [1.29, 1.82) is 0 Å². The van der Waals surface area contributed by atoms with Gasteiger partial charge in [0.25, 0.3) is 0 Å². The van der Waals surface area contributed by atoms with Crippen LogP contribution in [0.5, 0.6) is 0 Å². The van der Waals surface area contributed by atoms with Crippen LogP contribution >= 0.6 is 6.89 Å². The second-order valence-electron chi connectivity index (χ2n) is 10.9. The van der Waals surface area contributed by atoms with Crippen LogP contribution in [0.3, 0.4) is 0 Å². The molecular weight excluding hydrogens is 463 g/mol. The number of hydrogen-bond acceptors (Lipinski definition) is 2. The fraction of sp³-hybridized carbons (Fsp3) is 0.355. The number of benzene rings is 3. The van der Waals surface area contributed by atoms with Gasteiger partial charge in [-0.3, -0.25) is 4.79 Å². The Morgan fingerprint density at radius 1 is 0.829 bits per heavy atom. The van der Waals surface area contributed by atoms with E-state index >= 15 is 0 Å². The van der Waals surface area contributed by atoms with E-state index in [0.717, 1.165) is 12.8 Å². The summed E-state index contributed by atoms with van der Waals surface area (Å²) in [5.41, 5.74) is 0. The molecule has 4 heteroatoms. The van der Waals surface area contributed by atoms with Gasteiger partial charge in [-0.15, -0.1) is 0 Å². The third-order valence-electron chi connectivity index (χ3n) is 7.16. The maximum absolute atomic E-state index is 13.5. The van der Waals surface area contributed by atoms with Crippen molar-refractivity contribution in [2.24, 2.45) is 0 Å². The molecule has 0 aliphatic rings. The SMILES string of the molecule is C[C@H](CCCC(=O)C=P(c1ccccc1)(c1ccccc1)c1ccccc1)O[Si](C)(C)C(C)(C)C. The van der Waals surface area contributed by atoms with E-state index in [1.165, 1.54) is 15.9 Å². The molecule has 35 heavy (non-hydrogen) atoms. The lowest BCUT2D eigenvalue weighted by Gasteiger charge is -2.38. The van der Waals surface area contributed by atoms with Gasteiger partial charge in [0, 0.05) is 12.5 Å². The minimum Gasteiger partial charge on any atom is -0.414 e. The van der Waals surface area contributed by atoms with E-state index in [-0.39, 0.29) is 16.9 Å². The molecule has 0 saturated carbocycles. The highest BCUT2D eigenvalue weighted by atomic mass is 31.2. The van der Waals surface area contributed by atoms with Gasteiger partial charge in [0.1, 0.15) is 0 Å². The van der Waals surface area contributed by atoms with Crippen LogP contribution in [0.4, 0.5) is 0 Å². The van der Waals surface area contributed by atoms with Crippen molar-refractivity contribution in [3.63, 3.8) is 0 Å². The average molecular weight is 505 g/mol.